The fraction of sp³-hybridized carbons (Fsp3) is 0.500. The number of aliphatic hydroxyl groups excluding tert-OH is 1. The molecular weight excluding hydrogens is 461 g/mol. The molecule has 194 valence electrons. The van der Waals surface area contributed by atoms with Crippen molar-refractivity contribution >= 4 is 5.91 Å². The van der Waals surface area contributed by atoms with Crippen LogP contribution in [0.3, 0.4) is 0 Å². The Kier molecular flexibility index (Phi) is 10.9. The SMILES string of the molecule is COc1cc(CCN(CCC(C)C)CC(O)CNC(=O)c2cccc(C(F)(F)F)c2)cc(OC)c1. The number of halogens is 3. The summed E-state index contributed by atoms with van der Waals surface area (Å²) in [5.41, 5.74) is 0.0403. The normalized spacial score (nSPS) is 12.6. The van der Waals surface area contributed by atoms with Gasteiger partial charge in [0.25, 0.3) is 5.91 Å². The highest BCUT2D eigenvalue weighted by molar-refractivity contribution is 5.94. The van der Waals surface area contributed by atoms with Crippen LogP contribution in [-0.2, 0) is 12.6 Å². The monoisotopic (exact) mass is 496 g/mol. The van der Waals surface area contributed by atoms with Crippen molar-refractivity contribution in [1.82, 2.24) is 10.2 Å². The second kappa shape index (κ2) is 13.3. The first-order valence-electron chi connectivity index (χ1n) is 11.6. The molecule has 9 heteroatoms. The maximum Gasteiger partial charge on any atom is 0.416 e. The number of hydrogen-bond acceptors (Lipinski definition) is 5. The Morgan fingerprint density at radius 2 is 1.71 bits per heavy atom. The van der Waals surface area contributed by atoms with E-state index in [9.17, 15) is 23.1 Å². The Morgan fingerprint density at radius 3 is 2.29 bits per heavy atom. The fourth-order valence-corrected chi connectivity index (χ4v) is 3.54. The van der Waals surface area contributed by atoms with Crippen molar-refractivity contribution in [3.8, 4) is 11.5 Å². The number of methoxy groups -OCH3 is 2. The molecule has 0 fully saturated rings. The topological polar surface area (TPSA) is 71.0 Å². The number of ether oxygens (including phenoxy) is 2. The van der Waals surface area contributed by atoms with Gasteiger partial charge in [-0.3, -0.25) is 4.79 Å². The number of nitrogens with zero attached hydrogens (tertiary/aromatic N) is 1. The Morgan fingerprint density at radius 1 is 1.06 bits per heavy atom. The largest absolute Gasteiger partial charge is 0.497 e. The first kappa shape index (κ1) is 28.5. The van der Waals surface area contributed by atoms with E-state index in [1.807, 2.05) is 12.1 Å². The minimum absolute atomic E-state index is 0.0692. The summed E-state index contributed by atoms with van der Waals surface area (Å²) in [7, 11) is 3.19. The van der Waals surface area contributed by atoms with Crippen LogP contribution < -0.4 is 14.8 Å². The number of benzene rings is 2. The molecule has 2 aromatic rings. The van der Waals surface area contributed by atoms with Gasteiger partial charge in [-0.25, -0.2) is 0 Å². The van der Waals surface area contributed by atoms with Crippen molar-refractivity contribution in [3.05, 3.63) is 59.2 Å². The number of carbonyl (C=O) groups is 1. The van der Waals surface area contributed by atoms with Crippen molar-refractivity contribution < 1.29 is 32.5 Å². The van der Waals surface area contributed by atoms with E-state index in [0.29, 0.717) is 36.9 Å². The zero-order valence-corrected chi connectivity index (χ0v) is 20.7. The molecule has 1 atom stereocenters. The van der Waals surface area contributed by atoms with Gasteiger partial charge in [0.05, 0.1) is 25.9 Å². The summed E-state index contributed by atoms with van der Waals surface area (Å²) in [6.07, 6.45) is -3.77. The van der Waals surface area contributed by atoms with E-state index in [0.717, 1.165) is 30.7 Å². The minimum atomic E-state index is -4.53. The van der Waals surface area contributed by atoms with Crippen LogP contribution in [0.4, 0.5) is 13.2 Å². The zero-order valence-electron chi connectivity index (χ0n) is 20.7. The molecule has 0 bridgehead atoms. The van der Waals surface area contributed by atoms with Crippen LogP contribution in [0.15, 0.2) is 42.5 Å². The molecule has 0 radical (unpaired) electrons. The quantitative estimate of drug-likeness (QED) is 0.430. The van der Waals surface area contributed by atoms with Gasteiger partial charge >= 0.3 is 6.18 Å². The number of nitrogens with one attached hydrogen (secondary N) is 1. The van der Waals surface area contributed by atoms with E-state index in [-0.39, 0.29) is 12.1 Å². The smallest absolute Gasteiger partial charge is 0.416 e. The first-order valence-corrected chi connectivity index (χ1v) is 11.6. The predicted octanol–water partition coefficient (Wildman–Crippen LogP) is 4.40. The summed E-state index contributed by atoms with van der Waals surface area (Å²) in [5.74, 6) is 1.22. The van der Waals surface area contributed by atoms with Gasteiger partial charge in [0, 0.05) is 31.3 Å². The van der Waals surface area contributed by atoms with Gasteiger partial charge in [-0.15, -0.1) is 0 Å². The Labute approximate surface area is 205 Å². The number of carbonyl (C=O) groups excluding carboxylic acids is 1. The first-order chi connectivity index (χ1) is 16.5. The highest BCUT2D eigenvalue weighted by Gasteiger charge is 2.31. The molecule has 2 N–H and O–H groups in total. The number of amides is 1. The number of hydrogen-bond donors (Lipinski definition) is 2. The highest BCUT2D eigenvalue weighted by Crippen LogP contribution is 2.29. The van der Waals surface area contributed by atoms with Crippen LogP contribution in [0.2, 0.25) is 0 Å². The van der Waals surface area contributed by atoms with E-state index in [1.165, 1.54) is 12.1 Å². The molecule has 0 aromatic heterocycles. The average molecular weight is 497 g/mol. The van der Waals surface area contributed by atoms with Gasteiger partial charge < -0.3 is 24.8 Å². The van der Waals surface area contributed by atoms with Crippen LogP contribution >= 0.6 is 0 Å². The van der Waals surface area contributed by atoms with Gasteiger partial charge in [-0.1, -0.05) is 19.9 Å². The van der Waals surface area contributed by atoms with Gasteiger partial charge in [0.15, 0.2) is 0 Å². The van der Waals surface area contributed by atoms with Crippen molar-refractivity contribution in [2.24, 2.45) is 5.92 Å². The predicted molar refractivity (Wildman–Crippen MR) is 129 cm³/mol. The summed E-state index contributed by atoms with van der Waals surface area (Å²) >= 11 is 0. The lowest BCUT2D eigenvalue weighted by atomic mass is 10.1. The van der Waals surface area contributed by atoms with Crippen molar-refractivity contribution in [2.45, 2.75) is 39.0 Å². The lowest BCUT2D eigenvalue weighted by Gasteiger charge is -2.26. The Balaban J connectivity index is 1.96. The molecule has 2 rings (SSSR count). The standard InChI is InChI=1S/C26H35F3N2O4/c1-18(2)8-10-31(11-9-19-12-23(34-3)15-24(13-19)35-4)17-22(32)16-30-25(33)20-6-5-7-21(14-20)26(27,28)29/h5-7,12-15,18,22,32H,8-11,16-17H2,1-4H3,(H,30,33). The van der Waals surface area contributed by atoms with E-state index in [2.05, 4.69) is 24.1 Å². The van der Waals surface area contributed by atoms with Crippen molar-refractivity contribution in [2.75, 3.05) is 40.4 Å². The molecule has 1 amide bonds. The summed E-state index contributed by atoms with van der Waals surface area (Å²) in [5, 5.41) is 13.1. The fourth-order valence-electron chi connectivity index (χ4n) is 3.54. The Hall–Kier alpha value is -2.78. The third-order valence-corrected chi connectivity index (χ3v) is 5.57. The molecule has 6 nitrogen and oxygen atoms in total. The summed E-state index contributed by atoms with van der Waals surface area (Å²) < 4.78 is 49.4. The second-order valence-electron chi connectivity index (χ2n) is 8.90. The van der Waals surface area contributed by atoms with Crippen LogP contribution in [0, 0.1) is 5.92 Å². The van der Waals surface area contributed by atoms with Crippen LogP contribution in [0.5, 0.6) is 11.5 Å². The molecule has 0 saturated heterocycles. The third-order valence-electron chi connectivity index (χ3n) is 5.57. The van der Waals surface area contributed by atoms with E-state index >= 15 is 0 Å². The lowest BCUT2D eigenvalue weighted by molar-refractivity contribution is -0.137. The van der Waals surface area contributed by atoms with Crippen molar-refractivity contribution in [1.29, 1.82) is 0 Å². The molecule has 1 unspecified atom stereocenters. The molecule has 35 heavy (non-hydrogen) atoms. The van der Waals surface area contributed by atoms with Crippen LogP contribution in [0.25, 0.3) is 0 Å². The maximum absolute atomic E-state index is 12.9. The second-order valence-corrected chi connectivity index (χ2v) is 8.90. The average Bonchev–Trinajstić information content (AvgIpc) is 2.83. The highest BCUT2D eigenvalue weighted by atomic mass is 19.4. The molecule has 0 spiro atoms. The van der Waals surface area contributed by atoms with Gasteiger partial charge in [-0.05, 0) is 61.2 Å². The summed E-state index contributed by atoms with van der Waals surface area (Å²) in [6, 6.07) is 9.90. The maximum atomic E-state index is 12.9. The van der Waals surface area contributed by atoms with E-state index in [1.54, 1.807) is 20.3 Å². The molecular formula is C26H35F3N2O4. The third kappa shape index (κ3) is 9.78. The van der Waals surface area contributed by atoms with Crippen LogP contribution in [0.1, 0.15) is 41.8 Å². The summed E-state index contributed by atoms with van der Waals surface area (Å²) in [6.45, 7) is 5.92. The molecule has 0 aliphatic carbocycles. The molecule has 0 saturated carbocycles. The molecule has 0 aliphatic rings. The minimum Gasteiger partial charge on any atom is -0.497 e. The number of aliphatic hydroxyl groups is 1. The van der Waals surface area contributed by atoms with Crippen LogP contribution in [-0.4, -0.2) is 62.4 Å². The van der Waals surface area contributed by atoms with E-state index < -0.39 is 23.8 Å². The molecule has 0 aliphatic heterocycles. The summed E-state index contributed by atoms with van der Waals surface area (Å²) in [4.78, 5) is 14.5. The van der Waals surface area contributed by atoms with Crippen molar-refractivity contribution in [3.63, 3.8) is 0 Å². The lowest BCUT2D eigenvalue weighted by Crippen LogP contribution is -2.41. The van der Waals surface area contributed by atoms with Gasteiger partial charge in [0.2, 0.25) is 0 Å². The molecule has 0 heterocycles. The van der Waals surface area contributed by atoms with Gasteiger partial charge in [0.1, 0.15) is 11.5 Å². The Bertz CT molecular complexity index is 928. The molecule has 2 aromatic carbocycles. The number of alkyl halides is 3. The zero-order chi connectivity index (χ0) is 26.0. The van der Waals surface area contributed by atoms with Gasteiger partial charge in [-0.2, -0.15) is 13.2 Å². The van der Waals surface area contributed by atoms with E-state index in [4.69, 9.17) is 9.47 Å². The number of rotatable bonds is 13.